The number of hydrogen-bond donors (Lipinski definition) is 2. The quantitative estimate of drug-likeness (QED) is 0.344. The molecule has 1 aliphatic rings. The van der Waals surface area contributed by atoms with Crippen molar-refractivity contribution in [1.82, 2.24) is 30.0 Å². The Hall–Kier alpha value is -3.98. The van der Waals surface area contributed by atoms with Crippen LogP contribution in [0.3, 0.4) is 0 Å². The molecule has 0 spiro atoms. The van der Waals surface area contributed by atoms with Crippen LogP contribution in [0.4, 0.5) is 17.6 Å². The van der Waals surface area contributed by atoms with Gasteiger partial charge in [0.25, 0.3) is 10.0 Å². The first-order chi connectivity index (χ1) is 17.5. The average Bonchev–Trinajstić information content (AvgIpc) is 3.49. The molecule has 37 heavy (non-hydrogen) atoms. The molecule has 0 unspecified atom stereocenters. The first kappa shape index (κ1) is 24.7. The maximum atomic E-state index is 13.4. The largest absolute Gasteiger partial charge is 0.451 e. The van der Waals surface area contributed by atoms with Gasteiger partial charge in [-0.2, -0.15) is 17.9 Å². The predicted octanol–water partition coefficient (Wildman–Crippen LogP) is 2.97. The SMILES string of the molecule is O=C(NCc1cc(-c2cnc(C(F)(F)F)nc2)ncn1)C1(NS(=O)(=O)c2cc3cc(F)ccc3o2)CC1. The fourth-order valence-electron chi connectivity index (χ4n) is 3.53. The summed E-state index contributed by atoms with van der Waals surface area (Å²) >= 11 is 0. The maximum absolute atomic E-state index is 13.4. The van der Waals surface area contributed by atoms with Crippen LogP contribution in [0.5, 0.6) is 0 Å². The second-order valence-electron chi connectivity index (χ2n) is 8.31. The normalized spacial score (nSPS) is 15.0. The van der Waals surface area contributed by atoms with Gasteiger partial charge in [0.2, 0.25) is 16.8 Å². The van der Waals surface area contributed by atoms with Crippen LogP contribution < -0.4 is 10.0 Å². The molecule has 0 aliphatic heterocycles. The molecule has 192 valence electrons. The Bertz CT molecular complexity index is 1600. The lowest BCUT2D eigenvalue weighted by Gasteiger charge is -2.16. The van der Waals surface area contributed by atoms with Crippen molar-refractivity contribution in [3.8, 4) is 11.3 Å². The summed E-state index contributed by atoms with van der Waals surface area (Å²) in [5.74, 6) is -2.44. The summed E-state index contributed by atoms with van der Waals surface area (Å²) in [5, 5.41) is 2.41. The number of sulfonamides is 1. The van der Waals surface area contributed by atoms with Crippen molar-refractivity contribution in [3.05, 3.63) is 66.4 Å². The van der Waals surface area contributed by atoms with Crippen LogP contribution in [0.1, 0.15) is 24.4 Å². The van der Waals surface area contributed by atoms with E-state index in [9.17, 15) is 30.8 Å². The van der Waals surface area contributed by atoms with Gasteiger partial charge in [-0.3, -0.25) is 4.79 Å². The molecule has 10 nitrogen and oxygen atoms in total. The van der Waals surface area contributed by atoms with Gasteiger partial charge in [-0.05, 0) is 37.1 Å². The molecule has 1 fully saturated rings. The Morgan fingerprint density at radius 2 is 1.78 bits per heavy atom. The number of nitrogens with zero attached hydrogens (tertiary/aromatic N) is 4. The van der Waals surface area contributed by atoms with Crippen LogP contribution in [-0.2, 0) is 27.5 Å². The van der Waals surface area contributed by atoms with Gasteiger partial charge in [0.15, 0.2) is 0 Å². The molecule has 0 bridgehead atoms. The van der Waals surface area contributed by atoms with Crippen LogP contribution in [-0.4, -0.2) is 39.8 Å². The average molecular weight is 536 g/mol. The predicted molar refractivity (Wildman–Crippen MR) is 118 cm³/mol. The van der Waals surface area contributed by atoms with Gasteiger partial charge in [0.1, 0.15) is 23.3 Å². The van der Waals surface area contributed by atoms with Crippen molar-refractivity contribution in [1.29, 1.82) is 0 Å². The van der Waals surface area contributed by atoms with Crippen molar-refractivity contribution in [2.45, 2.75) is 36.2 Å². The lowest BCUT2D eigenvalue weighted by atomic mass is 10.2. The van der Waals surface area contributed by atoms with Gasteiger partial charge < -0.3 is 9.73 Å². The molecule has 1 saturated carbocycles. The highest BCUT2D eigenvalue weighted by atomic mass is 32.2. The molecule has 15 heteroatoms. The molecular weight excluding hydrogens is 520 g/mol. The van der Waals surface area contributed by atoms with Crippen LogP contribution in [0.15, 0.2) is 58.6 Å². The van der Waals surface area contributed by atoms with Crippen molar-refractivity contribution in [2.75, 3.05) is 0 Å². The van der Waals surface area contributed by atoms with E-state index in [-0.39, 0.29) is 41.6 Å². The first-order valence-electron chi connectivity index (χ1n) is 10.7. The topological polar surface area (TPSA) is 140 Å². The second-order valence-corrected chi connectivity index (χ2v) is 9.92. The highest BCUT2D eigenvalue weighted by molar-refractivity contribution is 7.89. The molecule has 1 amide bonds. The number of fused-ring (bicyclic) bond motifs is 1. The number of carbonyl (C=O) groups is 1. The number of nitrogens with one attached hydrogen (secondary N) is 2. The molecule has 3 aromatic heterocycles. The summed E-state index contributed by atoms with van der Waals surface area (Å²) in [6, 6.07) is 6.17. The molecule has 2 N–H and O–H groups in total. The Morgan fingerprint density at radius 3 is 2.46 bits per heavy atom. The maximum Gasteiger partial charge on any atom is 0.451 e. The van der Waals surface area contributed by atoms with E-state index < -0.39 is 44.4 Å². The van der Waals surface area contributed by atoms with Gasteiger partial charge in [-0.25, -0.2) is 32.7 Å². The zero-order valence-electron chi connectivity index (χ0n) is 18.6. The Morgan fingerprint density at radius 1 is 1.05 bits per heavy atom. The van der Waals surface area contributed by atoms with E-state index in [1.165, 1.54) is 18.2 Å². The number of alkyl halides is 3. The number of amides is 1. The third kappa shape index (κ3) is 5.13. The van der Waals surface area contributed by atoms with E-state index in [2.05, 4.69) is 30.0 Å². The minimum Gasteiger partial charge on any atom is -0.443 e. The van der Waals surface area contributed by atoms with Gasteiger partial charge in [-0.1, -0.05) is 0 Å². The van der Waals surface area contributed by atoms with Crippen molar-refractivity contribution < 1.29 is 35.2 Å². The number of aromatic nitrogens is 4. The summed E-state index contributed by atoms with van der Waals surface area (Å²) in [4.78, 5) is 27.4. The highest BCUT2D eigenvalue weighted by Gasteiger charge is 2.53. The van der Waals surface area contributed by atoms with Crippen molar-refractivity contribution in [3.63, 3.8) is 0 Å². The van der Waals surface area contributed by atoms with Gasteiger partial charge in [0.05, 0.1) is 17.9 Å². The number of hydrogen-bond acceptors (Lipinski definition) is 8. The van der Waals surface area contributed by atoms with Gasteiger partial charge >= 0.3 is 6.18 Å². The fraction of sp³-hybridized carbons (Fsp3) is 0.227. The Balaban J connectivity index is 1.26. The summed E-state index contributed by atoms with van der Waals surface area (Å²) in [7, 11) is -4.23. The summed E-state index contributed by atoms with van der Waals surface area (Å²) < 4.78 is 84.8. The van der Waals surface area contributed by atoms with E-state index in [0.29, 0.717) is 5.69 Å². The Labute approximate surface area is 206 Å². The highest BCUT2D eigenvalue weighted by Crippen LogP contribution is 2.38. The molecule has 5 rings (SSSR count). The van der Waals surface area contributed by atoms with E-state index >= 15 is 0 Å². The van der Waals surface area contributed by atoms with Crippen LogP contribution in [0.25, 0.3) is 22.2 Å². The van der Waals surface area contributed by atoms with Crippen LogP contribution in [0, 0.1) is 5.82 Å². The smallest absolute Gasteiger partial charge is 0.443 e. The number of halogens is 4. The number of rotatable bonds is 7. The molecule has 0 saturated heterocycles. The second kappa shape index (κ2) is 8.85. The van der Waals surface area contributed by atoms with Crippen LogP contribution >= 0.6 is 0 Å². The van der Waals surface area contributed by atoms with Gasteiger partial charge in [-0.15, -0.1) is 0 Å². The van der Waals surface area contributed by atoms with Crippen molar-refractivity contribution >= 4 is 26.9 Å². The van der Waals surface area contributed by atoms with Crippen LogP contribution in [0.2, 0.25) is 0 Å². The zero-order chi connectivity index (χ0) is 26.4. The minimum absolute atomic E-state index is 0.108. The summed E-state index contributed by atoms with van der Waals surface area (Å²) in [6.45, 7) is -0.108. The molecule has 3 heterocycles. The van der Waals surface area contributed by atoms with E-state index in [1.54, 1.807) is 0 Å². The summed E-state index contributed by atoms with van der Waals surface area (Å²) in [5.41, 5.74) is -0.457. The lowest BCUT2D eigenvalue weighted by Crippen LogP contribution is -2.48. The number of carbonyl (C=O) groups excluding carboxylic acids is 1. The van der Waals surface area contributed by atoms with E-state index in [4.69, 9.17) is 4.42 Å². The molecule has 1 aliphatic carbocycles. The third-order valence-corrected chi connectivity index (χ3v) is 6.98. The monoisotopic (exact) mass is 536 g/mol. The van der Waals surface area contributed by atoms with E-state index in [1.807, 2.05) is 0 Å². The third-order valence-electron chi connectivity index (χ3n) is 5.59. The molecule has 1 aromatic carbocycles. The lowest BCUT2D eigenvalue weighted by molar-refractivity contribution is -0.145. The minimum atomic E-state index is -4.68. The summed E-state index contributed by atoms with van der Waals surface area (Å²) in [6.07, 6.45) is -1.09. The molecule has 0 atom stereocenters. The number of furan rings is 1. The molecular formula is C22H16F4N6O4S. The standard InChI is InChI=1S/C22H16F4N6O4S/c23-14-1-2-17-12(5-14)6-18(36-17)37(34,35)32-21(3-4-21)20(33)29-10-15-7-16(31-11-30-15)13-8-27-19(28-9-13)22(24,25)26/h1-2,5-9,11,32H,3-4,10H2,(H,29,33). The molecule has 4 aromatic rings. The number of benzene rings is 1. The van der Waals surface area contributed by atoms with E-state index in [0.717, 1.165) is 30.9 Å². The fourth-order valence-corrected chi connectivity index (χ4v) is 4.92. The molecule has 0 radical (unpaired) electrons. The van der Waals surface area contributed by atoms with Gasteiger partial charge in [0, 0.05) is 29.4 Å². The Kier molecular flexibility index (Phi) is 5.91. The first-order valence-corrected chi connectivity index (χ1v) is 12.2. The zero-order valence-corrected chi connectivity index (χ0v) is 19.4. The van der Waals surface area contributed by atoms with Crippen molar-refractivity contribution in [2.24, 2.45) is 0 Å².